The summed E-state index contributed by atoms with van der Waals surface area (Å²) in [7, 11) is 0. The normalized spacial score (nSPS) is 16.8. The maximum atomic E-state index is 12.7. The predicted molar refractivity (Wildman–Crippen MR) is 102 cm³/mol. The lowest BCUT2D eigenvalue weighted by atomic mass is 9.94. The summed E-state index contributed by atoms with van der Waals surface area (Å²) >= 11 is 3.28. The minimum atomic E-state index is -0.184. The van der Waals surface area contributed by atoms with E-state index in [1.807, 2.05) is 13.8 Å². The molecule has 25 heavy (non-hydrogen) atoms. The first-order chi connectivity index (χ1) is 11.7. The molecule has 6 heteroatoms. The number of halogens is 1. The van der Waals surface area contributed by atoms with Crippen LogP contribution in [0, 0.1) is 18.8 Å². The quantitative estimate of drug-likeness (QED) is 0.797. The summed E-state index contributed by atoms with van der Waals surface area (Å²) in [6, 6.07) is 3.62. The zero-order chi connectivity index (χ0) is 18.7. The second kappa shape index (κ2) is 8.21. The van der Waals surface area contributed by atoms with Crippen LogP contribution in [-0.2, 0) is 4.79 Å². The van der Waals surface area contributed by atoms with Crippen LogP contribution in [0.15, 0.2) is 16.6 Å². The third-order valence-electron chi connectivity index (χ3n) is 4.96. The number of phenolic OH excluding ortho intramolecular Hbond substituents is 1. The first kappa shape index (κ1) is 19.8. The highest BCUT2D eigenvalue weighted by Gasteiger charge is 2.30. The van der Waals surface area contributed by atoms with Gasteiger partial charge in [0.15, 0.2) is 0 Å². The third-order valence-corrected chi connectivity index (χ3v) is 5.57. The summed E-state index contributed by atoms with van der Waals surface area (Å²) < 4.78 is 0.521. The Kier molecular flexibility index (Phi) is 6.49. The van der Waals surface area contributed by atoms with Crippen molar-refractivity contribution in [2.75, 3.05) is 13.1 Å². The highest BCUT2D eigenvalue weighted by Crippen LogP contribution is 2.31. The molecule has 2 rings (SSSR count). The topological polar surface area (TPSA) is 69.6 Å². The Morgan fingerprint density at radius 1 is 1.24 bits per heavy atom. The van der Waals surface area contributed by atoms with Crippen molar-refractivity contribution < 1.29 is 14.7 Å². The van der Waals surface area contributed by atoms with E-state index < -0.39 is 0 Å². The van der Waals surface area contributed by atoms with Gasteiger partial charge in [0.2, 0.25) is 5.91 Å². The van der Waals surface area contributed by atoms with Gasteiger partial charge >= 0.3 is 0 Å². The number of carbonyl (C=O) groups excluding carboxylic acids is 2. The second-order valence-electron chi connectivity index (χ2n) is 7.25. The smallest absolute Gasteiger partial charge is 0.257 e. The lowest BCUT2D eigenvalue weighted by Gasteiger charge is -2.32. The fourth-order valence-electron chi connectivity index (χ4n) is 2.92. The number of nitrogens with zero attached hydrogens (tertiary/aromatic N) is 1. The van der Waals surface area contributed by atoms with Crippen LogP contribution in [0.25, 0.3) is 0 Å². The first-order valence-corrected chi connectivity index (χ1v) is 9.58. The average Bonchev–Trinajstić information content (AvgIpc) is 2.57. The molecule has 0 bridgehead atoms. The Balaban J connectivity index is 1.98. The van der Waals surface area contributed by atoms with Crippen molar-refractivity contribution in [3.63, 3.8) is 0 Å². The fourth-order valence-corrected chi connectivity index (χ4v) is 3.50. The zero-order valence-electron chi connectivity index (χ0n) is 15.3. The minimum absolute atomic E-state index is 0.0266. The molecule has 0 saturated carbocycles. The van der Waals surface area contributed by atoms with Crippen LogP contribution in [0.1, 0.15) is 49.5 Å². The summed E-state index contributed by atoms with van der Waals surface area (Å²) in [5.74, 6) is 0.212. The number of amides is 2. The van der Waals surface area contributed by atoms with Crippen molar-refractivity contribution in [2.45, 2.75) is 46.6 Å². The molecule has 1 aliphatic heterocycles. The monoisotopic (exact) mass is 410 g/mol. The Labute approximate surface area is 157 Å². The molecular formula is C19H27BrN2O3. The first-order valence-electron chi connectivity index (χ1n) is 8.79. The van der Waals surface area contributed by atoms with E-state index in [2.05, 4.69) is 35.1 Å². The van der Waals surface area contributed by atoms with Gasteiger partial charge in [-0.1, -0.05) is 13.8 Å². The SMILES string of the molecule is Cc1cc(Br)c(O)c(C(=O)N2CCC(C(=O)NC(C)C(C)C)CC2)c1. The van der Waals surface area contributed by atoms with Gasteiger partial charge in [-0.3, -0.25) is 9.59 Å². The maximum absolute atomic E-state index is 12.7. The number of phenols is 1. The van der Waals surface area contributed by atoms with Gasteiger partial charge in [0, 0.05) is 25.0 Å². The Bertz CT molecular complexity index is 652. The number of aryl methyl sites for hydroxylation is 1. The molecule has 5 nitrogen and oxygen atoms in total. The minimum Gasteiger partial charge on any atom is -0.506 e. The van der Waals surface area contributed by atoms with Gasteiger partial charge < -0.3 is 15.3 Å². The molecule has 138 valence electrons. The van der Waals surface area contributed by atoms with Gasteiger partial charge in [-0.15, -0.1) is 0 Å². The summed E-state index contributed by atoms with van der Waals surface area (Å²) in [5.41, 5.74) is 1.22. The number of nitrogens with one attached hydrogen (secondary N) is 1. The van der Waals surface area contributed by atoms with E-state index in [0.29, 0.717) is 41.9 Å². The Morgan fingerprint density at radius 3 is 2.40 bits per heavy atom. The van der Waals surface area contributed by atoms with Gasteiger partial charge in [-0.05, 0) is 66.2 Å². The summed E-state index contributed by atoms with van der Waals surface area (Å²) in [6.45, 7) is 9.11. The van der Waals surface area contributed by atoms with E-state index in [9.17, 15) is 14.7 Å². The molecule has 2 N–H and O–H groups in total. The third kappa shape index (κ3) is 4.75. The van der Waals surface area contributed by atoms with Crippen molar-refractivity contribution in [1.82, 2.24) is 10.2 Å². The number of rotatable bonds is 4. The molecule has 1 atom stereocenters. The number of hydrogen-bond acceptors (Lipinski definition) is 3. The fraction of sp³-hybridized carbons (Fsp3) is 0.579. The molecule has 0 aromatic heterocycles. The van der Waals surface area contributed by atoms with E-state index in [0.717, 1.165) is 5.56 Å². The molecule has 1 aromatic carbocycles. The molecule has 2 amide bonds. The standard InChI is InChI=1S/C19H27BrN2O3/c1-11(2)13(4)21-18(24)14-5-7-22(8-6-14)19(25)15-9-12(3)10-16(20)17(15)23/h9-11,13-14,23H,5-8H2,1-4H3,(H,21,24). The largest absolute Gasteiger partial charge is 0.506 e. The molecule has 1 aromatic rings. The molecule has 1 fully saturated rings. The van der Waals surface area contributed by atoms with E-state index in [1.54, 1.807) is 17.0 Å². The molecule has 1 unspecified atom stereocenters. The number of aromatic hydroxyl groups is 1. The van der Waals surface area contributed by atoms with Gasteiger partial charge in [0.05, 0.1) is 10.0 Å². The molecule has 1 heterocycles. The highest BCUT2D eigenvalue weighted by molar-refractivity contribution is 9.10. The van der Waals surface area contributed by atoms with E-state index >= 15 is 0 Å². The van der Waals surface area contributed by atoms with Crippen molar-refractivity contribution in [1.29, 1.82) is 0 Å². The van der Waals surface area contributed by atoms with Crippen molar-refractivity contribution in [3.05, 3.63) is 27.7 Å². The number of piperidine rings is 1. The van der Waals surface area contributed by atoms with Crippen LogP contribution in [0.2, 0.25) is 0 Å². The van der Waals surface area contributed by atoms with E-state index in [1.165, 1.54) is 0 Å². The maximum Gasteiger partial charge on any atom is 0.257 e. The number of carbonyl (C=O) groups is 2. The van der Waals surface area contributed by atoms with E-state index in [4.69, 9.17) is 0 Å². The van der Waals surface area contributed by atoms with Crippen molar-refractivity contribution >= 4 is 27.7 Å². The predicted octanol–water partition coefficient (Wildman–Crippen LogP) is 3.48. The number of benzene rings is 1. The van der Waals surface area contributed by atoms with Crippen LogP contribution < -0.4 is 5.32 Å². The van der Waals surface area contributed by atoms with Gasteiger partial charge in [-0.2, -0.15) is 0 Å². The zero-order valence-corrected chi connectivity index (χ0v) is 16.9. The van der Waals surface area contributed by atoms with Crippen LogP contribution in [0.4, 0.5) is 0 Å². The molecule has 1 aliphatic rings. The molecule has 1 saturated heterocycles. The van der Waals surface area contributed by atoms with Gasteiger partial charge in [0.1, 0.15) is 5.75 Å². The van der Waals surface area contributed by atoms with Crippen LogP contribution in [-0.4, -0.2) is 41.0 Å². The molecule has 0 spiro atoms. The summed E-state index contributed by atoms with van der Waals surface area (Å²) in [6.07, 6.45) is 1.30. The number of likely N-dealkylation sites (tertiary alicyclic amines) is 1. The van der Waals surface area contributed by atoms with Gasteiger partial charge in [-0.25, -0.2) is 0 Å². The second-order valence-corrected chi connectivity index (χ2v) is 8.11. The van der Waals surface area contributed by atoms with Crippen LogP contribution in [0.5, 0.6) is 5.75 Å². The molecule has 0 radical (unpaired) electrons. The van der Waals surface area contributed by atoms with Crippen molar-refractivity contribution in [2.24, 2.45) is 11.8 Å². The Morgan fingerprint density at radius 2 is 1.84 bits per heavy atom. The Hall–Kier alpha value is -1.56. The summed E-state index contributed by atoms with van der Waals surface area (Å²) in [5, 5.41) is 13.2. The van der Waals surface area contributed by atoms with E-state index in [-0.39, 0.29) is 29.5 Å². The lowest BCUT2D eigenvalue weighted by molar-refractivity contribution is -0.127. The van der Waals surface area contributed by atoms with Gasteiger partial charge in [0.25, 0.3) is 5.91 Å². The van der Waals surface area contributed by atoms with Crippen LogP contribution >= 0.6 is 15.9 Å². The average molecular weight is 411 g/mol. The summed E-state index contributed by atoms with van der Waals surface area (Å²) in [4.78, 5) is 26.8. The highest BCUT2D eigenvalue weighted by atomic mass is 79.9. The van der Waals surface area contributed by atoms with Crippen molar-refractivity contribution in [3.8, 4) is 5.75 Å². The number of hydrogen-bond donors (Lipinski definition) is 2. The molecule has 0 aliphatic carbocycles. The lowest BCUT2D eigenvalue weighted by Crippen LogP contribution is -2.45. The van der Waals surface area contributed by atoms with Crippen LogP contribution in [0.3, 0.4) is 0 Å². The molecular weight excluding hydrogens is 384 g/mol.